The van der Waals surface area contributed by atoms with Gasteiger partial charge in [0.25, 0.3) is 0 Å². The fraction of sp³-hybridized carbons (Fsp3) is 0.929. The van der Waals surface area contributed by atoms with Crippen molar-refractivity contribution in [1.82, 2.24) is 16.0 Å². The number of amides is 1. The molecule has 0 atom stereocenters. The predicted molar refractivity (Wildman–Crippen MR) is 84.6 cm³/mol. The molecule has 0 spiro atoms. The smallest absolute Gasteiger partial charge is 0.220 e. The van der Waals surface area contributed by atoms with Gasteiger partial charge in [-0.15, -0.1) is 0 Å². The third-order valence-electron chi connectivity index (χ3n) is 2.98. The number of unbranched alkanes of at least 4 members (excludes halogenated alkanes) is 1. The van der Waals surface area contributed by atoms with Gasteiger partial charge in [-0.2, -0.15) is 0 Å². The Bertz CT molecular complexity index is 214. The van der Waals surface area contributed by atoms with Crippen LogP contribution in [0.2, 0.25) is 0 Å². The van der Waals surface area contributed by atoms with Crippen molar-refractivity contribution in [3.05, 3.63) is 0 Å². The number of hydrogen-bond donors (Lipinski definition) is 5. The van der Waals surface area contributed by atoms with E-state index in [0.29, 0.717) is 13.0 Å². The summed E-state index contributed by atoms with van der Waals surface area (Å²) in [6.45, 7) is 6.18. The van der Waals surface area contributed by atoms with Crippen molar-refractivity contribution in [2.45, 2.75) is 38.5 Å². The minimum absolute atomic E-state index is 0.110. The van der Waals surface area contributed by atoms with E-state index < -0.39 is 0 Å². The molecule has 0 fully saturated rings. The first-order valence-electron chi connectivity index (χ1n) is 7.89. The zero-order valence-electron chi connectivity index (χ0n) is 12.8. The molecule has 0 aliphatic carbocycles. The van der Waals surface area contributed by atoms with E-state index >= 15 is 0 Å². The highest BCUT2D eigenvalue weighted by Crippen LogP contribution is 1.87. The zero-order chi connectivity index (χ0) is 14.9. The second kappa shape index (κ2) is 16.4. The molecular formula is C14H33N5O. The fourth-order valence-corrected chi connectivity index (χ4v) is 1.77. The van der Waals surface area contributed by atoms with Gasteiger partial charge in [-0.3, -0.25) is 4.79 Å². The minimum atomic E-state index is 0.110. The normalized spacial score (nSPS) is 10.7. The molecule has 0 unspecified atom stereocenters. The van der Waals surface area contributed by atoms with E-state index in [-0.39, 0.29) is 5.91 Å². The molecule has 0 heterocycles. The average molecular weight is 287 g/mol. The number of carbonyl (C=O) groups is 1. The summed E-state index contributed by atoms with van der Waals surface area (Å²) in [6.07, 6.45) is 5.70. The van der Waals surface area contributed by atoms with Crippen molar-refractivity contribution in [3.63, 3.8) is 0 Å². The van der Waals surface area contributed by atoms with E-state index in [4.69, 9.17) is 11.5 Å². The topological polar surface area (TPSA) is 105 Å². The van der Waals surface area contributed by atoms with Crippen molar-refractivity contribution in [1.29, 1.82) is 0 Å². The molecule has 0 aliphatic heterocycles. The first-order valence-corrected chi connectivity index (χ1v) is 7.89. The summed E-state index contributed by atoms with van der Waals surface area (Å²) in [6, 6.07) is 0. The van der Waals surface area contributed by atoms with Crippen LogP contribution in [0.25, 0.3) is 0 Å². The van der Waals surface area contributed by atoms with Crippen molar-refractivity contribution in [2.75, 3.05) is 45.8 Å². The number of hydrogen-bond acceptors (Lipinski definition) is 5. The molecule has 6 heteroatoms. The summed E-state index contributed by atoms with van der Waals surface area (Å²) in [4.78, 5) is 11.3. The Kier molecular flexibility index (Phi) is 15.8. The lowest BCUT2D eigenvalue weighted by atomic mass is 10.3. The summed E-state index contributed by atoms with van der Waals surface area (Å²) < 4.78 is 0. The highest BCUT2D eigenvalue weighted by molar-refractivity contribution is 5.75. The molecule has 0 radical (unpaired) electrons. The van der Waals surface area contributed by atoms with E-state index in [0.717, 1.165) is 58.5 Å². The summed E-state index contributed by atoms with van der Waals surface area (Å²) in [5.74, 6) is 0.110. The first-order chi connectivity index (χ1) is 9.81. The zero-order valence-corrected chi connectivity index (χ0v) is 12.8. The fourth-order valence-electron chi connectivity index (χ4n) is 1.77. The van der Waals surface area contributed by atoms with Crippen LogP contribution in [0, 0.1) is 0 Å². The lowest BCUT2D eigenvalue weighted by molar-refractivity contribution is -0.121. The lowest BCUT2D eigenvalue weighted by Crippen LogP contribution is -2.28. The summed E-state index contributed by atoms with van der Waals surface area (Å²) >= 11 is 0. The molecule has 20 heavy (non-hydrogen) atoms. The molecule has 0 aromatic rings. The van der Waals surface area contributed by atoms with Crippen LogP contribution in [-0.4, -0.2) is 51.7 Å². The van der Waals surface area contributed by atoms with Gasteiger partial charge in [0.1, 0.15) is 0 Å². The largest absolute Gasteiger partial charge is 0.356 e. The molecule has 120 valence electrons. The molecule has 6 nitrogen and oxygen atoms in total. The maximum Gasteiger partial charge on any atom is 0.220 e. The quantitative estimate of drug-likeness (QED) is 0.262. The van der Waals surface area contributed by atoms with E-state index in [9.17, 15) is 4.79 Å². The van der Waals surface area contributed by atoms with Gasteiger partial charge in [-0.1, -0.05) is 0 Å². The van der Waals surface area contributed by atoms with Gasteiger partial charge in [0.05, 0.1) is 0 Å². The van der Waals surface area contributed by atoms with E-state index in [1.54, 1.807) is 0 Å². The highest BCUT2D eigenvalue weighted by Gasteiger charge is 1.98. The molecular weight excluding hydrogens is 254 g/mol. The van der Waals surface area contributed by atoms with Crippen molar-refractivity contribution < 1.29 is 4.79 Å². The van der Waals surface area contributed by atoms with Crippen LogP contribution in [0.15, 0.2) is 0 Å². The molecule has 0 rings (SSSR count). The second-order valence-electron chi connectivity index (χ2n) is 4.95. The third-order valence-corrected chi connectivity index (χ3v) is 2.98. The SMILES string of the molecule is NCCCNCCCCNCCCNC(=O)CCCN. The highest BCUT2D eigenvalue weighted by atomic mass is 16.1. The molecule has 1 amide bonds. The van der Waals surface area contributed by atoms with Crippen molar-refractivity contribution in [3.8, 4) is 0 Å². The van der Waals surface area contributed by atoms with Crippen LogP contribution in [0.4, 0.5) is 0 Å². The standard InChI is InChI=1S/C14H33N5O/c15-7-3-6-14(20)19-13-5-12-18-10-2-1-9-17-11-4-8-16/h17-18H,1-13,15-16H2,(H,19,20). The van der Waals surface area contributed by atoms with Crippen molar-refractivity contribution in [2.24, 2.45) is 11.5 Å². The first kappa shape index (κ1) is 19.3. The van der Waals surface area contributed by atoms with Gasteiger partial charge in [0, 0.05) is 13.0 Å². The van der Waals surface area contributed by atoms with E-state index in [1.165, 1.54) is 12.8 Å². The van der Waals surface area contributed by atoms with Gasteiger partial charge in [0.15, 0.2) is 0 Å². The predicted octanol–water partition coefficient (Wildman–Crippen LogP) is -0.460. The number of carbonyl (C=O) groups excluding carboxylic acids is 1. The average Bonchev–Trinajstić information content (AvgIpc) is 2.46. The van der Waals surface area contributed by atoms with Crippen LogP contribution < -0.4 is 27.4 Å². The summed E-state index contributed by atoms with van der Waals surface area (Å²) in [5.41, 5.74) is 10.8. The van der Waals surface area contributed by atoms with Crippen LogP contribution in [0.3, 0.4) is 0 Å². The Hall–Kier alpha value is -0.690. The van der Waals surface area contributed by atoms with E-state index in [2.05, 4.69) is 16.0 Å². The van der Waals surface area contributed by atoms with Crippen LogP contribution in [0.5, 0.6) is 0 Å². The Balaban J connectivity index is 3.04. The van der Waals surface area contributed by atoms with Gasteiger partial charge in [-0.05, 0) is 71.4 Å². The Labute approximate surface area is 123 Å². The van der Waals surface area contributed by atoms with Gasteiger partial charge in [0.2, 0.25) is 5.91 Å². The lowest BCUT2D eigenvalue weighted by Gasteiger charge is -2.07. The van der Waals surface area contributed by atoms with Crippen LogP contribution >= 0.6 is 0 Å². The van der Waals surface area contributed by atoms with Gasteiger partial charge < -0.3 is 27.4 Å². The van der Waals surface area contributed by atoms with Crippen molar-refractivity contribution >= 4 is 5.91 Å². The molecule has 0 saturated carbocycles. The Morgan fingerprint density at radius 2 is 1.25 bits per heavy atom. The minimum Gasteiger partial charge on any atom is -0.356 e. The summed E-state index contributed by atoms with van der Waals surface area (Å²) in [7, 11) is 0. The number of nitrogens with one attached hydrogen (secondary N) is 3. The maximum atomic E-state index is 11.3. The van der Waals surface area contributed by atoms with Gasteiger partial charge >= 0.3 is 0 Å². The molecule has 0 saturated heterocycles. The molecule has 7 N–H and O–H groups in total. The monoisotopic (exact) mass is 287 g/mol. The third kappa shape index (κ3) is 15.4. The van der Waals surface area contributed by atoms with Crippen LogP contribution in [0.1, 0.15) is 38.5 Å². The van der Waals surface area contributed by atoms with E-state index in [1.807, 2.05) is 0 Å². The second-order valence-corrected chi connectivity index (χ2v) is 4.95. The number of nitrogens with two attached hydrogens (primary N) is 2. The summed E-state index contributed by atoms with van der Waals surface area (Å²) in [5, 5.41) is 9.64. The molecule has 0 bridgehead atoms. The van der Waals surface area contributed by atoms with Gasteiger partial charge in [-0.25, -0.2) is 0 Å². The number of rotatable bonds is 15. The maximum absolute atomic E-state index is 11.3. The Morgan fingerprint density at radius 1 is 0.700 bits per heavy atom. The molecule has 0 aromatic carbocycles. The molecule has 0 aromatic heterocycles. The van der Waals surface area contributed by atoms with Crippen LogP contribution in [-0.2, 0) is 4.79 Å². The molecule has 0 aliphatic rings. The Morgan fingerprint density at radius 3 is 1.85 bits per heavy atom.